The standard InChI is InChI=1S/C52H46S/c1-35-47(36(2)50(40-23-11-6-12-24-40)49(35)39-21-9-5-10-22-39)45-31-19-17-29-43(45)33-53-34-44-30-18-20-32-46(44)48-37(3)51(41-25-13-7-14-26-41)52(38(48)4)42-27-15-8-16-28-42/h5-32,47-48H,33-34H2,1-4H3. The largest absolute Gasteiger partial charge is 0.152 e. The summed E-state index contributed by atoms with van der Waals surface area (Å²) in [5, 5.41) is 0. The summed E-state index contributed by atoms with van der Waals surface area (Å²) < 4.78 is 0. The zero-order chi connectivity index (χ0) is 36.3. The SMILES string of the molecule is CC1=C(c2ccccc2)C(c2ccccc2)=C(C)C1c1ccccc1CSCc1ccccc1C1C(C)=C(c2ccccc2)C(c2ccccc2)=C1C. The fourth-order valence-corrected chi connectivity index (χ4v) is 10.1. The van der Waals surface area contributed by atoms with Gasteiger partial charge in [0.05, 0.1) is 0 Å². The van der Waals surface area contributed by atoms with Gasteiger partial charge in [-0.25, -0.2) is 0 Å². The van der Waals surface area contributed by atoms with E-state index in [1.165, 1.54) is 89.1 Å². The Bertz CT molecular complexity index is 2080. The number of rotatable bonds is 10. The molecule has 8 rings (SSSR count). The lowest BCUT2D eigenvalue weighted by molar-refractivity contribution is 0.928. The highest BCUT2D eigenvalue weighted by Crippen LogP contribution is 2.53. The first-order valence-corrected chi connectivity index (χ1v) is 20.0. The van der Waals surface area contributed by atoms with Gasteiger partial charge in [0.2, 0.25) is 0 Å². The topological polar surface area (TPSA) is 0 Å². The van der Waals surface area contributed by atoms with E-state index in [1.54, 1.807) is 0 Å². The van der Waals surface area contributed by atoms with Crippen LogP contribution in [0.2, 0.25) is 0 Å². The molecule has 0 nitrogen and oxygen atoms in total. The van der Waals surface area contributed by atoms with E-state index >= 15 is 0 Å². The van der Waals surface area contributed by atoms with E-state index in [2.05, 4.69) is 198 Å². The highest BCUT2D eigenvalue weighted by Gasteiger charge is 2.34. The monoisotopic (exact) mass is 702 g/mol. The number of thioether (sulfide) groups is 1. The zero-order valence-electron chi connectivity index (χ0n) is 31.1. The number of benzene rings is 6. The summed E-state index contributed by atoms with van der Waals surface area (Å²) >= 11 is 2.03. The van der Waals surface area contributed by atoms with Gasteiger partial charge in [-0.15, -0.1) is 0 Å². The summed E-state index contributed by atoms with van der Waals surface area (Å²) in [6.07, 6.45) is 0. The third-order valence-corrected chi connectivity index (χ3v) is 12.3. The van der Waals surface area contributed by atoms with Crippen LogP contribution in [0.15, 0.2) is 192 Å². The van der Waals surface area contributed by atoms with Gasteiger partial charge in [0.25, 0.3) is 0 Å². The molecule has 2 aliphatic rings. The van der Waals surface area contributed by atoms with Gasteiger partial charge in [-0.05, 0) is 94.5 Å². The van der Waals surface area contributed by atoms with Crippen molar-refractivity contribution < 1.29 is 0 Å². The molecule has 0 radical (unpaired) electrons. The molecule has 0 bridgehead atoms. The van der Waals surface area contributed by atoms with Crippen molar-refractivity contribution in [2.24, 2.45) is 0 Å². The minimum atomic E-state index is 0.247. The van der Waals surface area contributed by atoms with E-state index in [0.717, 1.165) is 11.5 Å². The quantitative estimate of drug-likeness (QED) is 0.137. The molecule has 6 aromatic rings. The molecule has 0 spiro atoms. The average Bonchev–Trinajstić information content (AvgIpc) is 3.63. The molecule has 2 aliphatic carbocycles. The minimum absolute atomic E-state index is 0.247. The van der Waals surface area contributed by atoms with Gasteiger partial charge < -0.3 is 0 Å². The van der Waals surface area contributed by atoms with Crippen LogP contribution in [0.5, 0.6) is 0 Å². The molecule has 6 aromatic carbocycles. The maximum absolute atomic E-state index is 2.37. The van der Waals surface area contributed by atoms with Crippen LogP contribution in [-0.2, 0) is 11.5 Å². The smallest absolute Gasteiger partial charge is 0.0274 e. The summed E-state index contributed by atoms with van der Waals surface area (Å²) in [5.74, 6) is 2.41. The van der Waals surface area contributed by atoms with Crippen LogP contribution in [0.25, 0.3) is 22.3 Å². The van der Waals surface area contributed by atoms with Crippen molar-refractivity contribution in [1.82, 2.24) is 0 Å². The van der Waals surface area contributed by atoms with Crippen molar-refractivity contribution in [2.45, 2.75) is 51.0 Å². The zero-order valence-corrected chi connectivity index (χ0v) is 32.0. The van der Waals surface area contributed by atoms with Crippen molar-refractivity contribution in [3.05, 3.63) is 237 Å². The van der Waals surface area contributed by atoms with Gasteiger partial charge in [-0.2, -0.15) is 11.8 Å². The lowest BCUT2D eigenvalue weighted by Gasteiger charge is -2.21. The Balaban J connectivity index is 1.12. The van der Waals surface area contributed by atoms with Crippen LogP contribution >= 0.6 is 11.8 Å². The van der Waals surface area contributed by atoms with Gasteiger partial charge in [0.1, 0.15) is 0 Å². The second kappa shape index (κ2) is 15.3. The predicted molar refractivity (Wildman–Crippen MR) is 230 cm³/mol. The molecular weight excluding hydrogens is 657 g/mol. The normalized spacial score (nSPS) is 15.3. The Morgan fingerprint density at radius 2 is 0.566 bits per heavy atom. The van der Waals surface area contributed by atoms with Crippen molar-refractivity contribution in [3.63, 3.8) is 0 Å². The summed E-state index contributed by atoms with van der Waals surface area (Å²) in [6.45, 7) is 9.42. The Morgan fingerprint density at radius 3 is 0.849 bits per heavy atom. The molecule has 0 heterocycles. The van der Waals surface area contributed by atoms with Crippen molar-refractivity contribution in [1.29, 1.82) is 0 Å². The van der Waals surface area contributed by atoms with Crippen molar-refractivity contribution in [3.8, 4) is 0 Å². The predicted octanol–water partition coefficient (Wildman–Crippen LogP) is 14.2. The first kappa shape index (κ1) is 34.7. The van der Waals surface area contributed by atoms with Crippen LogP contribution in [0.1, 0.15) is 84.0 Å². The van der Waals surface area contributed by atoms with Gasteiger partial charge in [0, 0.05) is 23.3 Å². The van der Waals surface area contributed by atoms with E-state index < -0.39 is 0 Å². The first-order chi connectivity index (χ1) is 26.0. The summed E-state index contributed by atoms with van der Waals surface area (Å²) in [6, 6.07) is 62.2. The second-order valence-electron chi connectivity index (χ2n) is 14.5. The Hall–Kier alpha value is -5.37. The van der Waals surface area contributed by atoms with E-state index in [0.29, 0.717) is 0 Å². The molecule has 0 atom stereocenters. The van der Waals surface area contributed by atoms with E-state index in [1.807, 2.05) is 11.8 Å². The summed E-state index contributed by atoms with van der Waals surface area (Å²) in [7, 11) is 0. The number of hydrogen-bond acceptors (Lipinski definition) is 1. The van der Waals surface area contributed by atoms with Gasteiger partial charge in [0.15, 0.2) is 0 Å². The fourth-order valence-electron chi connectivity index (χ4n) is 9.02. The lowest BCUT2D eigenvalue weighted by Crippen LogP contribution is -2.05. The van der Waals surface area contributed by atoms with Crippen LogP contribution in [-0.4, -0.2) is 0 Å². The molecule has 53 heavy (non-hydrogen) atoms. The lowest BCUT2D eigenvalue weighted by atomic mass is 9.86. The molecule has 0 aliphatic heterocycles. The number of allylic oxidation sites excluding steroid dienone is 8. The molecular formula is C52H46S. The average molecular weight is 703 g/mol. The summed E-state index contributed by atoms with van der Waals surface area (Å²) in [5.41, 5.74) is 22.1. The summed E-state index contributed by atoms with van der Waals surface area (Å²) in [4.78, 5) is 0. The molecule has 1 heteroatoms. The van der Waals surface area contributed by atoms with Gasteiger partial charge in [-0.1, -0.05) is 192 Å². The molecule has 0 aromatic heterocycles. The number of hydrogen-bond donors (Lipinski definition) is 0. The second-order valence-corrected chi connectivity index (χ2v) is 15.4. The molecule has 0 saturated heterocycles. The van der Waals surface area contributed by atoms with Gasteiger partial charge >= 0.3 is 0 Å². The highest BCUT2D eigenvalue weighted by molar-refractivity contribution is 7.97. The Labute approximate surface area is 320 Å². The fraction of sp³-hybridized carbons (Fsp3) is 0.154. The van der Waals surface area contributed by atoms with Crippen LogP contribution in [0, 0.1) is 0 Å². The van der Waals surface area contributed by atoms with Crippen molar-refractivity contribution in [2.75, 3.05) is 0 Å². The molecule has 0 amide bonds. The third-order valence-electron chi connectivity index (χ3n) is 11.3. The third kappa shape index (κ3) is 6.60. The molecule has 0 N–H and O–H groups in total. The van der Waals surface area contributed by atoms with E-state index in [-0.39, 0.29) is 11.8 Å². The van der Waals surface area contributed by atoms with Gasteiger partial charge in [-0.3, -0.25) is 0 Å². The Morgan fingerprint density at radius 1 is 0.321 bits per heavy atom. The first-order valence-electron chi connectivity index (χ1n) is 18.8. The molecule has 0 saturated carbocycles. The molecule has 260 valence electrons. The molecule has 0 unspecified atom stereocenters. The van der Waals surface area contributed by atoms with E-state index in [4.69, 9.17) is 0 Å². The maximum Gasteiger partial charge on any atom is 0.0274 e. The maximum atomic E-state index is 2.37. The van der Waals surface area contributed by atoms with Crippen LogP contribution in [0.3, 0.4) is 0 Å². The Kier molecular flexibility index (Phi) is 10.0. The molecule has 0 fully saturated rings. The highest BCUT2D eigenvalue weighted by atomic mass is 32.2. The minimum Gasteiger partial charge on any atom is -0.152 e. The van der Waals surface area contributed by atoms with Crippen molar-refractivity contribution >= 4 is 34.1 Å². The van der Waals surface area contributed by atoms with Crippen LogP contribution in [0.4, 0.5) is 0 Å². The van der Waals surface area contributed by atoms with Crippen LogP contribution < -0.4 is 0 Å². The van der Waals surface area contributed by atoms with E-state index in [9.17, 15) is 0 Å².